The van der Waals surface area contributed by atoms with Gasteiger partial charge in [0.2, 0.25) is 0 Å². The first-order valence-electron chi connectivity index (χ1n) is 11.4. The number of rotatable bonds is 6. The van der Waals surface area contributed by atoms with Crippen molar-refractivity contribution in [3.05, 3.63) is 100 Å². The van der Waals surface area contributed by atoms with Gasteiger partial charge in [0.1, 0.15) is 0 Å². The summed E-state index contributed by atoms with van der Waals surface area (Å²) in [4.78, 5) is 0. The smallest absolute Gasteiger partial charge is 0.416 e. The normalized spacial score (nSPS) is 18.1. The topological polar surface area (TPSA) is 38.3 Å². The second kappa shape index (κ2) is 11.1. The Balaban J connectivity index is 1.61. The predicted octanol–water partition coefficient (Wildman–Crippen LogP) is 7.91. The largest absolute Gasteiger partial charge is 0.573 e. The van der Waals surface area contributed by atoms with Crippen LogP contribution in [0.1, 0.15) is 41.0 Å². The predicted molar refractivity (Wildman–Crippen MR) is 132 cm³/mol. The number of alkyl halides is 6. The highest BCUT2D eigenvalue weighted by Crippen LogP contribution is 2.40. The van der Waals surface area contributed by atoms with Gasteiger partial charge in [-0.25, -0.2) is 0 Å². The monoisotopic (exact) mass is 560 g/mol. The molecule has 3 aromatic rings. The lowest BCUT2D eigenvalue weighted by Crippen LogP contribution is -2.44. The Morgan fingerprint density at radius 2 is 1.30 bits per heavy atom. The van der Waals surface area contributed by atoms with Crippen molar-refractivity contribution in [1.29, 1.82) is 0 Å². The Labute approximate surface area is 218 Å². The van der Waals surface area contributed by atoms with Crippen molar-refractivity contribution in [1.82, 2.24) is 4.31 Å². The summed E-state index contributed by atoms with van der Waals surface area (Å²) in [6.45, 7) is 0.857. The maximum atomic E-state index is 13.1. The van der Waals surface area contributed by atoms with Crippen LogP contribution in [0.5, 0.6) is 0 Å². The number of nitrogens with one attached hydrogen (secondary N) is 1. The van der Waals surface area contributed by atoms with Crippen LogP contribution in [0.15, 0.2) is 72.8 Å². The molecule has 1 heterocycles. The molecule has 1 aliphatic rings. The third kappa shape index (κ3) is 6.93. The van der Waals surface area contributed by atoms with Gasteiger partial charge in [0, 0.05) is 17.5 Å². The number of benzene rings is 3. The van der Waals surface area contributed by atoms with E-state index in [2.05, 4.69) is 4.72 Å². The molecular weight excluding hydrogens is 538 g/mol. The van der Waals surface area contributed by atoms with Gasteiger partial charge in [-0.2, -0.15) is 31.1 Å². The van der Waals surface area contributed by atoms with Crippen LogP contribution in [0, 0.1) is 5.92 Å². The fourth-order valence-electron chi connectivity index (χ4n) is 4.58. The zero-order valence-electron chi connectivity index (χ0n) is 19.3. The van der Waals surface area contributed by atoms with Gasteiger partial charge >= 0.3 is 12.4 Å². The van der Waals surface area contributed by atoms with Crippen LogP contribution in [-0.4, -0.2) is 21.9 Å². The van der Waals surface area contributed by atoms with Gasteiger partial charge < -0.3 is 4.55 Å². The molecule has 0 aromatic heterocycles. The van der Waals surface area contributed by atoms with E-state index in [0.717, 1.165) is 24.3 Å². The zero-order valence-corrected chi connectivity index (χ0v) is 20.9. The maximum absolute atomic E-state index is 13.1. The highest BCUT2D eigenvalue weighted by atomic mass is 35.5. The van der Waals surface area contributed by atoms with E-state index >= 15 is 0 Å². The SMILES string of the molecule is [O-][S+](Nc1ccc(Cl)cc1)N1CCCC(C(c2ccc(C(F)(F)F)cc2)c2ccc(C(F)(F)F)cc2)C1. The van der Waals surface area contributed by atoms with Crippen molar-refractivity contribution < 1.29 is 30.9 Å². The van der Waals surface area contributed by atoms with Crippen LogP contribution < -0.4 is 4.72 Å². The summed E-state index contributed by atoms with van der Waals surface area (Å²) < 4.78 is 96.5. The molecule has 1 aliphatic heterocycles. The minimum absolute atomic E-state index is 0.196. The molecule has 2 unspecified atom stereocenters. The number of hydrogen-bond acceptors (Lipinski definition) is 3. The first kappa shape index (κ1) is 27.6. The number of piperidine rings is 1. The number of anilines is 1. The lowest BCUT2D eigenvalue weighted by atomic mass is 9.77. The van der Waals surface area contributed by atoms with E-state index in [9.17, 15) is 30.9 Å². The van der Waals surface area contributed by atoms with E-state index in [1.54, 1.807) is 28.6 Å². The average molecular weight is 561 g/mol. The lowest BCUT2D eigenvalue weighted by molar-refractivity contribution is -0.138. The Kier molecular flexibility index (Phi) is 8.32. The highest BCUT2D eigenvalue weighted by Gasteiger charge is 2.36. The third-order valence-corrected chi connectivity index (χ3v) is 7.83. The Hall–Kier alpha value is -2.40. The molecule has 2 atom stereocenters. The molecular formula is C26H23ClF6N2OS. The summed E-state index contributed by atoms with van der Waals surface area (Å²) in [6.07, 6.45) is -7.68. The van der Waals surface area contributed by atoms with Gasteiger partial charge in [0.25, 0.3) is 0 Å². The van der Waals surface area contributed by atoms with Crippen LogP contribution in [0.3, 0.4) is 0 Å². The molecule has 1 fully saturated rings. The zero-order chi connectivity index (χ0) is 26.8. The van der Waals surface area contributed by atoms with Crippen molar-refractivity contribution in [3.8, 4) is 0 Å². The van der Waals surface area contributed by atoms with E-state index in [-0.39, 0.29) is 5.92 Å². The molecule has 0 amide bonds. The molecule has 0 radical (unpaired) electrons. The Bertz CT molecular complexity index is 1110. The van der Waals surface area contributed by atoms with Crippen molar-refractivity contribution in [2.75, 3.05) is 17.8 Å². The second-order valence-corrected chi connectivity index (χ2v) is 10.5. The second-order valence-electron chi connectivity index (χ2n) is 8.87. The average Bonchev–Trinajstić information content (AvgIpc) is 2.85. The van der Waals surface area contributed by atoms with Crippen molar-refractivity contribution in [3.63, 3.8) is 0 Å². The molecule has 11 heteroatoms. The molecule has 0 spiro atoms. The van der Waals surface area contributed by atoms with Crippen LogP contribution in [0.2, 0.25) is 5.02 Å². The van der Waals surface area contributed by atoms with Crippen molar-refractivity contribution in [2.24, 2.45) is 5.92 Å². The van der Waals surface area contributed by atoms with E-state index in [1.807, 2.05) is 0 Å². The summed E-state index contributed by atoms with van der Waals surface area (Å²) in [7, 11) is 0. The molecule has 0 saturated carbocycles. The van der Waals surface area contributed by atoms with Gasteiger partial charge in [0.05, 0.1) is 23.4 Å². The molecule has 3 nitrogen and oxygen atoms in total. The van der Waals surface area contributed by atoms with E-state index in [1.165, 1.54) is 24.3 Å². The first-order chi connectivity index (χ1) is 17.4. The summed E-state index contributed by atoms with van der Waals surface area (Å²) in [6, 6.07) is 16.1. The molecule has 1 N–H and O–H groups in total. The van der Waals surface area contributed by atoms with Crippen LogP contribution in [0.25, 0.3) is 0 Å². The fourth-order valence-corrected chi connectivity index (χ4v) is 5.79. The van der Waals surface area contributed by atoms with E-state index < -0.39 is 40.9 Å². The summed E-state index contributed by atoms with van der Waals surface area (Å²) in [5.74, 6) is -0.682. The summed E-state index contributed by atoms with van der Waals surface area (Å²) in [5.41, 5.74) is 0.0981. The van der Waals surface area contributed by atoms with E-state index in [0.29, 0.717) is 47.8 Å². The quantitative estimate of drug-likeness (QED) is 0.246. The van der Waals surface area contributed by atoms with E-state index in [4.69, 9.17) is 11.6 Å². The summed E-state index contributed by atoms with van der Waals surface area (Å²) >= 11 is 4.30. The molecule has 0 aliphatic carbocycles. The number of hydrogen-bond donors (Lipinski definition) is 1. The van der Waals surface area contributed by atoms with Crippen molar-refractivity contribution >= 4 is 28.8 Å². The van der Waals surface area contributed by atoms with Gasteiger partial charge in [-0.3, -0.25) is 0 Å². The van der Waals surface area contributed by atoms with Crippen molar-refractivity contribution in [2.45, 2.75) is 31.1 Å². The van der Waals surface area contributed by atoms with Crippen LogP contribution in [-0.2, 0) is 23.9 Å². The highest BCUT2D eigenvalue weighted by molar-refractivity contribution is 7.90. The summed E-state index contributed by atoms with van der Waals surface area (Å²) in [5, 5.41) is 0.533. The minimum atomic E-state index is -4.51. The van der Waals surface area contributed by atoms with Crippen LogP contribution >= 0.6 is 11.6 Å². The molecule has 37 heavy (non-hydrogen) atoms. The Morgan fingerprint density at radius 3 is 1.76 bits per heavy atom. The van der Waals surface area contributed by atoms with Gasteiger partial charge in [-0.1, -0.05) is 35.9 Å². The fraction of sp³-hybridized carbons (Fsp3) is 0.308. The lowest BCUT2D eigenvalue weighted by Gasteiger charge is -2.36. The standard InChI is InChI=1S/C26H23ClF6N2OS/c27-22-11-13-23(14-12-22)34-37(36)35-15-1-2-19(16-35)24(17-3-7-20(8-4-17)25(28,29)30)18-5-9-21(10-6-18)26(31,32)33/h3-14,19,24,34H,1-2,15-16H2. The Morgan fingerprint density at radius 1 is 0.811 bits per heavy atom. The van der Waals surface area contributed by atoms with Gasteiger partial charge in [0.15, 0.2) is 11.5 Å². The minimum Gasteiger partial charge on any atom is -0.573 e. The maximum Gasteiger partial charge on any atom is 0.416 e. The number of halogens is 7. The molecule has 4 rings (SSSR count). The first-order valence-corrected chi connectivity index (χ1v) is 12.9. The number of nitrogens with zero attached hydrogens (tertiary/aromatic N) is 1. The molecule has 198 valence electrons. The molecule has 1 saturated heterocycles. The third-order valence-electron chi connectivity index (χ3n) is 6.37. The van der Waals surface area contributed by atoms with Crippen LogP contribution in [0.4, 0.5) is 32.0 Å². The molecule has 0 bridgehead atoms. The van der Waals surface area contributed by atoms with Gasteiger partial charge in [-0.15, -0.1) is 4.31 Å². The molecule has 3 aromatic carbocycles. The van der Waals surface area contributed by atoms with Gasteiger partial charge in [-0.05, 0) is 78.4 Å².